The molecule has 3 N–H and O–H groups in total. The van der Waals surface area contributed by atoms with E-state index in [0.29, 0.717) is 25.7 Å². The monoisotopic (exact) mass is 498 g/mol. The van der Waals surface area contributed by atoms with Gasteiger partial charge < -0.3 is 15.4 Å². The van der Waals surface area contributed by atoms with E-state index in [4.69, 9.17) is 4.74 Å². The van der Waals surface area contributed by atoms with Crippen LogP contribution in [-0.2, 0) is 16.6 Å². The molecule has 26 heavy (non-hydrogen) atoms. The summed E-state index contributed by atoms with van der Waals surface area (Å²) in [6.07, 6.45) is 1.15. The summed E-state index contributed by atoms with van der Waals surface area (Å²) in [5.41, 5.74) is 1.54. The Morgan fingerprint density at radius 3 is 2.46 bits per heavy atom. The maximum Gasteiger partial charge on any atom is 0.209 e. The summed E-state index contributed by atoms with van der Waals surface area (Å²) < 4.78 is 31.1. The largest absolute Gasteiger partial charge is 0.494 e. The van der Waals surface area contributed by atoms with Gasteiger partial charge in [-0.15, -0.1) is 24.0 Å². The van der Waals surface area contributed by atoms with Crippen molar-refractivity contribution in [3.05, 3.63) is 29.3 Å². The lowest BCUT2D eigenvalue weighted by Crippen LogP contribution is -2.52. The van der Waals surface area contributed by atoms with Crippen LogP contribution in [0.3, 0.4) is 0 Å². The van der Waals surface area contributed by atoms with Crippen molar-refractivity contribution in [2.45, 2.75) is 39.8 Å². The van der Waals surface area contributed by atoms with Crippen LogP contribution >= 0.6 is 24.0 Å². The lowest BCUT2D eigenvalue weighted by atomic mass is 10.1. The van der Waals surface area contributed by atoms with E-state index in [1.807, 2.05) is 45.9 Å². The second-order valence-corrected chi connectivity index (χ2v) is 8.33. The number of nitrogens with one attached hydrogen (secondary N) is 3. The van der Waals surface area contributed by atoms with Crippen LogP contribution in [0.15, 0.2) is 23.2 Å². The molecular formula is C17H31IN4O3S. The Kier molecular flexibility index (Phi) is 10.5. The van der Waals surface area contributed by atoms with Gasteiger partial charge in [0.05, 0.1) is 12.9 Å². The quantitative estimate of drug-likeness (QED) is 0.290. The molecule has 0 saturated heterocycles. The number of nitrogens with zero attached hydrogens (tertiary/aromatic N) is 1. The van der Waals surface area contributed by atoms with Gasteiger partial charge in [-0.25, -0.2) is 13.1 Å². The summed E-state index contributed by atoms with van der Waals surface area (Å²) in [5.74, 6) is 1.44. The lowest BCUT2D eigenvalue weighted by molar-refractivity contribution is 0.336. The molecule has 0 amide bonds. The highest BCUT2D eigenvalue weighted by atomic mass is 127. The van der Waals surface area contributed by atoms with Gasteiger partial charge in [0.15, 0.2) is 5.96 Å². The Morgan fingerprint density at radius 1 is 1.27 bits per heavy atom. The molecule has 0 bridgehead atoms. The molecule has 0 aliphatic carbocycles. The first-order chi connectivity index (χ1) is 11.6. The molecule has 0 aliphatic rings. The minimum atomic E-state index is -3.27. The SMILES string of the molecule is CCOc1cc(C)ccc1CNC(=NC)NCC(C)(C)NS(C)(=O)=O.I. The first kappa shape index (κ1) is 24.9. The summed E-state index contributed by atoms with van der Waals surface area (Å²) in [5, 5.41) is 6.36. The first-order valence-electron chi connectivity index (χ1n) is 8.22. The molecule has 0 radical (unpaired) electrons. The second-order valence-electron chi connectivity index (χ2n) is 6.58. The van der Waals surface area contributed by atoms with Crippen molar-refractivity contribution in [1.29, 1.82) is 0 Å². The standard InChI is InChI=1S/C17H30N4O3S.HI/c1-7-24-15-10-13(2)8-9-14(15)11-19-16(18-5)20-12-17(3,4)21-25(6,22)23;/h8-10,21H,7,11-12H2,1-6H3,(H2,18,19,20);1H. The number of rotatable bonds is 8. The number of hydrogen-bond acceptors (Lipinski definition) is 4. The number of ether oxygens (including phenoxy) is 1. The van der Waals surface area contributed by atoms with Crippen molar-refractivity contribution in [2.75, 3.05) is 26.5 Å². The van der Waals surface area contributed by atoms with E-state index in [0.717, 1.165) is 23.1 Å². The van der Waals surface area contributed by atoms with Crippen LogP contribution < -0.4 is 20.1 Å². The number of hydrogen-bond donors (Lipinski definition) is 3. The van der Waals surface area contributed by atoms with Crippen molar-refractivity contribution in [2.24, 2.45) is 4.99 Å². The first-order valence-corrected chi connectivity index (χ1v) is 10.1. The zero-order chi connectivity index (χ0) is 19.1. The summed E-state index contributed by atoms with van der Waals surface area (Å²) in [6, 6.07) is 6.07. The maximum absolute atomic E-state index is 11.4. The zero-order valence-electron chi connectivity index (χ0n) is 16.3. The molecule has 150 valence electrons. The lowest BCUT2D eigenvalue weighted by Gasteiger charge is -2.26. The minimum absolute atomic E-state index is 0. The Morgan fingerprint density at radius 2 is 1.92 bits per heavy atom. The molecule has 0 saturated carbocycles. The molecule has 1 aromatic rings. The summed E-state index contributed by atoms with van der Waals surface area (Å²) in [7, 11) is -1.60. The van der Waals surface area contributed by atoms with Gasteiger partial charge in [-0.05, 0) is 39.3 Å². The van der Waals surface area contributed by atoms with Crippen LogP contribution in [0.4, 0.5) is 0 Å². The summed E-state index contributed by atoms with van der Waals surface area (Å²) >= 11 is 0. The van der Waals surface area contributed by atoms with Crippen molar-refractivity contribution in [3.63, 3.8) is 0 Å². The second kappa shape index (κ2) is 10.9. The number of guanidine groups is 1. The minimum Gasteiger partial charge on any atom is -0.494 e. The molecule has 7 nitrogen and oxygen atoms in total. The smallest absolute Gasteiger partial charge is 0.209 e. The third kappa shape index (κ3) is 9.58. The molecule has 0 atom stereocenters. The van der Waals surface area contributed by atoms with Gasteiger partial charge in [-0.3, -0.25) is 4.99 Å². The van der Waals surface area contributed by atoms with Gasteiger partial charge in [-0.1, -0.05) is 12.1 Å². The fourth-order valence-corrected chi connectivity index (χ4v) is 3.42. The Bertz CT molecular complexity index is 706. The summed E-state index contributed by atoms with van der Waals surface area (Å²) in [4.78, 5) is 4.17. The Balaban J connectivity index is 0.00000625. The highest BCUT2D eigenvalue weighted by Crippen LogP contribution is 2.20. The van der Waals surface area contributed by atoms with Crippen LogP contribution in [0.25, 0.3) is 0 Å². The molecule has 1 aromatic carbocycles. The predicted molar refractivity (Wildman–Crippen MR) is 118 cm³/mol. The third-order valence-corrected chi connectivity index (χ3v) is 4.28. The molecule has 9 heteroatoms. The molecule has 0 spiro atoms. The van der Waals surface area contributed by atoms with Gasteiger partial charge in [0.25, 0.3) is 0 Å². The average Bonchev–Trinajstić information content (AvgIpc) is 2.47. The van der Waals surface area contributed by atoms with Crippen LogP contribution in [0.5, 0.6) is 5.75 Å². The normalized spacial score (nSPS) is 12.3. The van der Waals surface area contributed by atoms with Crippen LogP contribution in [0.1, 0.15) is 31.9 Å². The van der Waals surface area contributed by atoms with E-state index in [-0.39, 0.29) is 24.0 Å². The number of halogens is 1. The maximum atomic E-state index is 11.4. The number of aliphatic imine (C=N–C) groups is 1. The molecule has 0 aromatic heterocycles. The van der Waals surface area contributed by atoms with E-state index < -0.39 is 15.6 Å². The fourth-order valence-electron chi connectivity index (χ4n) is 2.34. The Labute approximate surface area is 174 Å². The fraction of sp³-hybridized carbons (Fsp3) is 0.588. The zero-order valence-corrected chi connectivity index (χ0v) is 19.5. The van der Waals surface area contributed by atoms with E-state index in [9.17, 15) is 8.42 Å². The van der Waals surface area contributed by atoms with Gasteiger partial charge in [0.1, 0.15) is 5.75 Å². The molecular weight excluding hydrogens is 467 g/mol. The van der Waals surface area contributed by atoms with Crippen molar-refractivity contribution < 1.29 is 13.2 Å². The van der Waals surface area contributed by atoms with Crippen LogP contribution in [0, 0.1) is 6.92 Å². The highest BCUT2D eigenvalue weighted by molar-refractivity contribution is 14.0. The Hall–Kier alpha value is -1.07. The molecule has 0 aliphatic heterocycles. The van der Waals surface area contributed by atoms with Gasteiger partial charge >= 0.3 is 0 Å². The van der Waals surface area contributed by atoms with Crippen LogP contribution in [0.2, 0.25) is 0 Å². The van der Waals surface area contributed by atoms with Gasteiger partial charge in [0.2, 0.25) is 10.0 Å². The van der Waals surface area contributed by atoms with Crippen molar-refractivity contribution >= 4 is 40.0 Å². The average molecular weight is 498 g/mol. The topological polar surface area (TPSA) is 91.8 Å². The molecule has 1 rings (SSSR count). The van der Waals surface area contributed by atoms with E-state index in [2.05, 4.69) is 20.3 Å². The van der Waals surface area contributed by atoms with Crippen LogP contribution in [-0.4, -0.2) is 46.4 Å². The molecule has 0 unspecified atom stereocenters. The van der Waals surface area contributed by atoms with E-state index in [1.165, 1.54) is 0 Å². The summed E-state index contributed by atoms with van der Waals surface area (Å²) in [6.45, 7) is 9.15. The van der Waals surface area contributed by atoms with Gasteiger partial charge in [-0.2, -0.15) is 0 Å². The number of aryl methyl sites for hydroxylation is 1. The van der Waals surface area contributed by atoms with Crippen molar-refractivity contribution in [1.82, 2.24) is 15.4 Å². The molecule has 0 heterocycles. The predicted octanol–water partition coefficient (Wildman–Crippen LogP) is 2.00. The van der Waals surface area contributed by atoms with Crippen molar-refractivity contribution in [3.8, 4) is 5.75 Å². The third-order valence-electron chi connectivity index (χ3n) is 3.35. The highest BCUT2D eigenvalue weighted by Gasteiger charge is 2.22. The number of benzene rings is 1. The van der Waals surface area contributed by atoms with Gasteiger partial charge in [0, 0.05) is 31.2 Å². The van der Waals surface area contributed by atoms with E-state index in [1.54, 1.807) is 7.05 Å². The molecule has 0 fully saturated rings. The number of sulfonamides is 1. The van der Waals surface area contributed by atoms with E-state index >= 15 is 0 Å².